The number of thioether (sulfide) groups is 2. The number of nitrogens with zero attached hydrogens (tertiary/aromatic N) is 2. The van der Waals surface area contributed by atoms with Crippen molar-refractivity contribution in [2.75, 3.05) is 29.9 Å². The Hall–Kier alpha value is -1.25. The fraction of sp³-hybridized carbons (Fsp3) is 0.400. The van der Waals surface area contributed by atoms with Crippen molar-refractivity contribution in [3.63, 3.8) is 0 Å². The van der Waals surface area contributed by atoms with Gasteiger partial charge in [0.2, 0.25) is 11.0 Å². The van der Waals surface area contributed by atoms with Crippen LogP contribution in [0.15, 0.2) is 34.7 Å². The highest BCUT2D eigenvalue weighted by atomic mass is 32.2. The lowest BCUT2D eigenvalue weighted by Gasteiger charge is -2.04. The Labute approximate surface area is 149 Å². The minimum Gasteiger partial charge on any atom is -0.360 e. The van der Waals surface area contributed by atoms with Gasteiger partial charge in [-0.15, -0.1) is 10.2 Å². The van der Waals surface area contributed by atoms with Crippen molar-refractivity contribution in [2.24, 2.45) is 0 Å². The summed E-state index contributed by atoms with van der Waals surface area (Å²) in [5.41, 5.74) is 1.31. The van der Waals surface area contributed by atoms with Gasteiger partial charge in [0.15, 0.2) is 4.34 Å². The predicted octanol–water partition coefficient (Wildman–Crippen LogP) is 3.11. The quantitative estimate of drug-likeness (QED) is 0.496. The summed E-state index contributed by atoms with van der Waals surface area (Å²) in [7, 11) is 0. The van der Waals surface area contributed by atoms with Crippen molar-refractivity contribution in [2.45, 2.75) is 17.0 Å². The maximum Gasteiger partial charge on any atom is 0.230 e. The van der Waals surface area contributed by atoms with Gasteiger partial charge in [-0.2, -0.15) is 11.8 Å². The van der Waals surface area contributed by atoms with Crippen LogP contribution in [0.25, 0.3) is 0 Å². The standard InChI is InChI=1S/C15H20N4OS3/c1-2-16-14-18-19-15(23-14)22-11-13(20)17-8-9-21-10-12-6-4-3-5-7-12/h3-7H,2,8-11H2,1H3,(H,16,18)(H,17,20). The Morgan fingerprint density at radius 1 is 1.26 bits per heavy atom. The summed E-state index contributed by atoms with van der Waals surface area (Å²) < 4.78 is 0.814. The number of anilines is 1. The smallest absolute Gasteiger partial charge is 0.230 e. The monoisotopic (exact) mass is 368 g/mol. The van der Waals surface area contributed by atoms with Gasteiger partial charge in [-0.25, -0.2) is 0 Å². The summed E-state index contributed by atoms with van der Waals surface area (Å²) in [5.74, 6) is 2.30. The molecule has 0 atom stereocenters. The van der Waals surface area contributed by atoms with Gasteiger partial charge in [0.05, 0.1) is 5.75 Å². The van der Waals surface area contributed by atoms with E-state index < -0.39 is 0 Å². The van der Waals surface area contributed by atoms with Gasteiger partial charge in [-0.3, -0.25) is 4.79 Å². The third kappa shape index (κ3) is 7.24. The molecule has 124 valence electrons. The Bertz CT molecular complexity index is 591. The number of rotatable bonds is 10. The zero-order valence-electron chi connectivity index (χ0n) is 12.9. The number of hydrogen-bond donors (Lipinski definition) is 2. The molecule has 0 saturated heterocycles. The first-order valence-electron chi connectivity index (χ1n) is 7.36. The number of benzene rings is 1. The van der Waals surface area contributed by atoms with E-state index in [1.807, 2.05) is 36.9 Å². The van der Waals surface area contributed by atoms with Crippen molar-refractivity contribution in [1.82, 2.24) is 15.5 Å². The van der Waals surface area contributed by atoms with E-state index in [0.29, 0.717) is 12.3 Å². The summed E-state index contributed by atoms with van der Waals surface area (Å²) in [4.78, 5) is 11.8. The highest BCUT2D eigenvalue weighted by Crippen LogP contribution is 2.24. The highest BCUT2D eigenvalue weighted by molar-refractivity contribution is 8.01. The van der Waals surface area contributed by atoms with E-state index in [0.717, 1.165) is 27.5 Å². The molecule has 2 N–H and O–H groups in total. The number of hydrogen-bond acceptors (Lipinski definition) is 7. The van der Waals surface area contributed by atoms with E-state index in [2.05, 4.69) is 33.0 Å². The summed E-state index contributed by atoms with van der Waals surface area (Å²) in [5, 5.41) is 14.9. The molecule has 1 aromatic carbocycles. The lowest BCUT2D eigenvalue weighted by Crippen LogP contribution is -2.27. The molecule has 1 amide bonds. The van der Waals surface area contributed by atoms with E-state index in [1.165, 1.54) is 28.7 Å². The Balaban J connectivity index is 1.54. The highest BCUT2D eigenvalue weighted by Gasteiger charge is 2.07. The molecule has 1 heterocycles. The van der Waals surface area contributed by atoms with Crippen LogP contribution in [-0.4, -0.2) is 40.7 Å². The van der Waals surface area contributed by atoms with Crippen LogP contribution in [0.2, 0.25) is 0 Å². The maximum absolute atomic E-state index is 11.8. The van der Waals surface area contributed by atoms with Crippen molar-refractivity contribution in [1.29, 1.82) is 0 Å². The number of carbonyl (C=O) groups is 1. The zero-order valence-corrected chi connectivity index (χ0v) is 15.4. The second-order valence-electron chi connectivity index (χ2n) is 4.58. The normalized spacial score (nSPS) is 10.5. The van der Waals surface area contributed by atoms with Crippen LogP contribution >= 0.6 is 34.9 Å². The first-order valence-corrected chi connectivity index (χ1v) is 10.3. The predicted molar refractivity (Wildman–Crippen MR) is 100 cm³/mol. The van der Waals surface area contributed by atoms with E-state index in [4.69, 9.17) is 0 Å². The maximum atomic E-state index is 11.8. The molecular formula is C15H20N4OS3. The van der Waals surface area contributed by atoms with Crippen LogP contribution < -0.4 is 10.6 Å². The summed E-state index contributed by atoms with van der Waals surface area (Å²) in [6.07, 6.45) is 0. The SMILES string of the molecule is CCNc1nnc(SCC(=O)NCCSCc2ccccc2)s1. The Morgan fingerprint density at radius 3 is 2.87 bits per heavy atom. The molecule has 2 aromatic rings. The van der Waals surface area contributed by atoms with Crippen molar-refractivity contribution < 1.29 is 4.79 Å². The molecule has 2 rings (SSSR count). The average molecular weight is 369 g/mol. The van der Waals surface area contributed by atoms with Gasteiger partial charge in [0.1, 0.15) is 0 Å². The lowest BCUT2D eigenvalue weighted by molar-refractivity contribution is -0.118. The summed E-state index contributed by atoms with van der Waals surface area (Å²) in [6, 6.07) is 10.3. The van der Waals surface area contributed by atoms with Gasteiger partial charge < -0.3 is 10.6 Å². The molecule has 0 radical (unpaired) electrons. The van der Waals surface area contributed by atoms with Crippen LogP contribution in [-0.2, 0) is 10.5 Å². The molecule has 0 aliphatic rings. The molecular weight excluding hydrogens is 348 g/mol. The lowest BCUT2D eigenvalue weighted by atomic mass is 10.2. The topological polar surface area (TPSA) is 66.9 Å². The molecule has 5 nitrogen and oxygen atoms in total. The third-order valence-electron chi connectivity index (χ3n) is 2.74. The van der Waals surface area contributed by atoms with Crippen LogP contribution in [0.1, 0.15) is 12.5 Å². The van der Waals surface area contributed by atoms with Gasteiger partial charge in [-0.1, -0.05) is 53.4 Å². The molecule has 1 aromatic heterocycles. The first kappa shape index (κ1) is 18.1. The van der Waals surface area contributed by atoms with Crippen LogP contribution in [0.4, 0.5) is 5.13 Å². The number of aromatic nitrogens is 2. The minimum absolute atomic E-state index is 0.0375. The average Bonchev–Trinajstić information content (AvgIpc) is 3.02. The fourth-order valence-electron chi connectivity index (χ4n) is 1.70. The van der Waals surface area contributed by atoms with Gasteiger partial charge in [-0.05, 0) is 12.5 Å². The van der Waals surface area contributed by atoms with E-state index in [-0.39, 0.29) is 5.91 Å². The molecule has 0 saturated carbocycles. The van der Waals surface area contributed by atoms with E-state index in [9.17, 15) is 4.79 Å². The van der Waals surface area contributed by atoms with Crippen LogP contribution in [0, 0.1) is 0 Å². The molecule has 0 bridgehead atoms. The van der Waals surface area contributed by atoms with Crippen molar-refractivity contribution in [3.8, 4) is 0 Å². The summed E-state index contributed by atoms with van der Waals surface area (Å²) >= 11 is 4.72. The molecule has 8 heteroatoms. The molecule has 23 heavy (non-hydrogen) atoms. The summed E-state index contributed by atoms with van der Waals surface area (Å²) in [6.45, 7) is 3.52. The first-order chi connectivity index (χ1) is 11.3. The van der Waals surface area contributed by atoms with E-state index >= 15 is 0 Å². The molecule has 0 spiro atoms. The van der Waals surface area contributed by atoms with E-state index in [1.54, 1.807) is 0 Å². The minimum atomic E-state index is 0.0375. The number of carbonyl (C=O) groups excluding carboxylic acids is 1. The Kier molecular flexibility index (Phi) is 8.27. The number of nitrogens with one attached hydrogen (secondary N) is 2. The van der Waals surface area contributed by atoms with Crippen LogP contribution in [0.3, 0.4) is 0 Å². The number of amides is 1. The largest absolute Gasteiger partial charge is 0.360 e. The van der Waals surface area contributed by atoms with Gasteiger partial charge in [0, 0.05) is 24.6 Å². The third-order valence-corrected chi connectivity index (χ3v) is 5.79. The zero-order chi connectivity index (χ0) is 16.3. The van der Waals surface area contributed by atoms with Gasteiger partial charge >= 0.3 is 0 Å². The Morgan fingerprint density at radius 2 is 2.09 bits per heavy atom. The molecule has 0 aliphatic carbocycles. The molecule has 0 fully saturated rings. The second-order valence-corrected chi connectivity index (χ2v) is 7.89. The fourth-order valence-corrected chi connectivity index (χ4v) is 4.16. The molecule has 0 aliphatic heterocycles. The van der Waals surface area contributed by atoms with Crippen molar-refractivity contribution in [3.05, 3.63) is 35.9 Å². The molecule has 0 unspecified atom stereocenters. The second kappa shape index (κ2) is 10.5. The van der Waals surface area contributed by atoms with Crippen LogP contribution in [0.5, 0.6) is 0 Å². The van der Waals surface area contributed by atoms with Gasteiger partial charge in [0.25, 0.3) is 0 Å². The van der Waals surface area contributed by atoms with Crippen molar-refractivity contribution >= 4 is 45.9 Å².